The lowest BCUT2D eigenvalue weighted by Crippen LogP contribution is -2.36. The largest absolute Gasteiger partial charge is 0.695 e. The molecule has 4 aromatic rings. The Kier molecular flexibility index (Phi) is 7.45. The van der Waals surface area contributed by atoms with Crippen LogP contribution in [0.4, 0.5) is 20.5 Å². The van der Waals surface area contributed by atoms with Crippen LogP contribution in [0.2, 0.25) is 0 Å². The number of hydrogen-bond donors (Lipinski definition) is 6. The van der Waals surface area contributed by atoms with Crippen LogP contribution in [0.25, 0.3) is 22.3 Å². The predicted molar refractivity (Wildman–Crippen MR) is 154 cm³/mol. The number of nitrogens with one attached hydrogen (secondary N) is 1. The van der Waals surface area contributed by atoms with E-state index in [1.165, 1.54) is 15.5 Å². The van der Waals surface area contributed by atoms with Gasteiger partial charge in [0.1, 0.15) is 30.2 Å². The molecule has 45 heavy (non-hydrogen) atoms. The van der Waals surface area contributed by atoms with E-state index < -0.39 is 80.9 Å². The normalized spacial score (nSPS) is 34.3. The Morgan fingerprint density at radius 2 is 1.87 bits per heavy atom. The number of aromatic amines is 1. The van der Waals surface area contributed by atoms with Gasteiger partial charge in [-0.05, 0) is 11.8 Å². The van der Waals surface area contributed by atoms with Crippen LogP contribution in [0.15, 0.2) is 23.8 Å². The fourth-order valence-electron chi connectivity index (χ4n) is 5.43. The van der Waals surface area contributed by atoms with E-state index in [1.54, 1.807) is 0 Å². The Balaban J connectivity index is 1.11. The maximum absolute atomic E-state index is 16.3. The molecule has 3 aliphatic rings. The number of ether oxygens (including phenoxy) is 2. The van der Waals surface area contributed by atoms with Gasteiger partial charge in [0.05, 0.1) is 19.3 Å². The summed E-state index contributed by atoms with van der Waals surface area (Å²) in [5, 5.41) is 10.6. The summed E-state index contributed by atoms with van der Waals surface area (Å²) in [5.74, 6) is -0.198. The van der Waals surface area contributed by atoms with E-state index in [0.29, 0.717) is 0 Å². The number of alkyl halides is 2. The maximum Gasteiger partial charge on any atom is 0.695 e. The van der Waals surface area contributed by atoms with E-state index in [9.17, 15) is 19.4 Å². The van der Waals surface area contributed by atoms with Crippen molar-refractivity contribution in [3.63, 3.8) is 0 Å². The first-order chi connectivity index (χ1) is 21.3. The molecule has 0 radical (unpaired) electrons. The molecule has 11 atom stereocenters. The molecule has 0 spiro atoms. The number of nitrogen functional groups attached to an aromatic ring is 2. The molecule has 2 aliphatic heterocycles. The van der Waals surface area contributed by atoms with Crippen molar-refractivity contribution in [3.05, 3.63) is 29.3 Å². The molecule has 3 unspecified atom stereocenters. The minimum absolute atomic E-state index is 0.0615. The average Bonchev–Trinajstić information content (AvgIpc) is 3.49. The molecule has 6 heterocycles. The van der Waals surface area contributed by atoms with Crippen LogP contribution in [0.3, 0.4) is 0 Å². The first-order valence-electron chi connectivity index (χ1n) is 12.8. The number of hydrogen-bond acceptors (Lipinski definition) is 16. The van der Waals surface area contributed by atoms with Gasteiger partial charge in [-0.2, -0.15) is 4.98 Å². The number of aliphatic hydroxyl groups excluding tert-OH is 1. The van der Waals surface area contributed by atoms with E-state index in [0.717, 1.165) is 12.7 Å². The van der Waals surface area contributed by atoms with Crippen LogP contribution < -0.4 is 17.0 Å². The number of nitrogens with zero attached hydrogens (tertiary/aromatic N) is 7. The van der Waals surface area contributed by atoms with E-state index >= 15 is 8.78 Å². The molecule has 240 valence electrons. The maximum atomic E-state index is 16.3. The number of aliphatic hydroxyl groups is 1. The van der Waals surface area contributed by atoms with Gasteiger partial charge in [0.15, 0.2) is 53.5 Å². The van der Waals surface area contributed by atoms with Crippen LogP contribution >= 0.6 is 26.2 Å². The highest BCUT2D eigenvalue weighted by Crippen LogP contribution is 2.66. The Hall–Kier alpha value is -2.82. The molecule has 3 fully saturated rings. The van der Waals surface area contributed by atoms with Crippen molar-refractivity contribution in [3.8, 4) is 0 Å². The lowest BCUT2D eigenvalue weighted by molar-refractivity contribution is -0.0692. The third-order valence-corrected chi connectivity index (χ3v) is 10.1. The second-order valence-corrected chi connectivity index (χ2v) is 16.1. The van der Waals surface area contributed by atoms with Crippen molar-refractivity contribution in [1.82, 2.24) is 39.0 Å². The summed E-state index contributed by atoms with van der Waals surface area (Å²) in [4.78, 5) is 43.8. The van der Waals surface area contributed by atoms with Crippen molar-refractivity contribution in [1.29, 1.82) is 0 Å². The van der Waals surface area contributed by atoms with Gasteiger partial charge in [0.2, 0.25) is 17.3 Å². The van der Waals surface area contributed by atoms with Crippen molar-refractivity contribution in [2.24, 2.45) is 0 Å². The minimum Gasteiger partial charge on any atom is -0.387 e. The number of imidazole rings is 2. The van der Waals surface area contributed by atoms with Crippen molar-refractivity contribution in [2.75, 3.05) is 18.1 Å². The third kappa shape index (κ3) is 5.02. The molecule has 1 aliphatic carbocycles. The summed E-state index contributed by atoms with van der Waals surface area (Å²) in [6.07, 6.45) is -8.83. The molecular weight excluding hydrogens is 688 g/mol. The molecule has 2 saturated heterocycles. The van der Waals surface area contributed by atoms with Gasteiger partial charge in [-0.25, -0.2) is 28.7 Å². The van der Waals surface area contributed by atoms with E-state index in [2.05, 4.69) is 42.2 Å². The van der Waals surface area contributed by atoms with E-state index in [1.807, 2.05) is 0 Å². The fourth-order valence-corrected chi connectivity index (χ4v) is 7.81. The van der Waals surface area contributed by atoms with Gasteiger partial charge >= 0.3 is 8.25 Å². The molecule has 7 N–H and O–H groups in total. The zero-order chi connectivity index (χ0) is 32.0. The molecular formula is C20H21F2N10O9P2S2+. The number of H-pyrrole nitrogens is 1. The highest BCUT2D eigenvalue weighted by atomic mass is 32.9. The summed E-state index contributed by atoms with van der Waals surface area (Å²) >= 11 is 9.69. The number of rotatable bonds is 9. The molecule has 0 aromatic carbocycles. The number of thiol groups is 1. The second kappa shape index (κ2) is 10.9. The molecule has 1 saturated carbocycles. The SMILES string of the molecule is Nc1nc2c(ncn2[C@@H]2O[C@@H]3C(O[P+](=O)O)[C@]3(F)[C@H]2OP(=S)(S)OC[C@H]2O[C@@H](n3cnc4c(N)ncnc43)[C@@H](F)[C@@H]2O)c(=O)[nH]1. The molecule has 0 bridgehead atoms. The summed E-state index contributed by atoms with van der Waals surface area (Å²) < 4.78 is 73.0. The lowest BCUT2D eigenvalue weighted by Gasteiger charge is -2.29. The lowest BCUT2D eigenvalue weighted by atomic mass is 10.1. The second-order valence-electron chi connectivity index (χ2n) is 10.2. The van der Waals surface area contributed by atoms with Crippen molar-refractivity contribution in [2.45, 2.75) is 54.8 Å². The Morgan fingerprint density at radius 3 is 2.60 bits per heavy atom. The number of anilines is 2. The number of fused-ring (bicyclic) bond motifs is 3. The van der Waals surface area contributed by atoms with Crippen LogP contribution in [0, 0.1) is 0 Å². The van der Waals surface area contributed by atoms with Gasteiger partial charge in [-0.3, -0.25) is 18.9 Å². The van der Waals surface area contributed by atoms with Gasteiger partial charge in [-0.1, -0.05) is 12.2 Å². The van der Waals surface area contributed by atoms with Crippen LogP contribution in [-0.4, -0.2) is 98.0 Å². The zero-order valence-electron chi connectivity index (χ0n) is 22.1. The highest BCUT2D eigenvalue weighted by Gasteiger charge is 2.84. The molecule has 4 aromatic heterocycles. The fraction of sp³-hybridized carbons (Fsp3) is 0.500. The Labute approximate surface area is 259 Å². The highest BCUT2D eigenvalue weighted by molar-refractivity contribution is 8.60. The zero-order valence-corrected chi connectivity index (χ0v) is 25.6. The van der Waals surface area contributed by atoms with Crippen LogP contribution in [0.1, 0.15) is 12.5 Å². The summed E-state index contributed by atoms with van der Waals surface area (Å²) in [6, 6.07) is 0. The summed E-state index contributed by atoms with van der Waals surface area (Å²) in [5.41, 5.74) is 4.61. The van der Waals surface area contributed by atoms with E-state index in [4.69, 9.17) is 46.3 Å². The molecule has 19 nitrogen and oxygen atoms in total. The Morgan fingerprint density at radius 1 is 1.16 bits per heavy atom. The van der Waals surface area contributed by atoms with E-state index in [-0.39, 0.29) is 34.1 Å². The monoisotopic (exact) mass is 709 g/mol. The summed E-state index contributed by atoms with van der Waals surface area (Å²) in [6.45, 7) is -0.548. The topological polar surface area (TPSA) is 263 Å². The van der Waals surface area contributed by atoms with Gasteiger partial charge in [0, 0.05) is 4.57 Å². The molecule has 0 amide bonds. The van der Waals surface area contributed by atoms with Gasteiger partial charge < -0.3 is 35.1 Å². The van der Waals surface area contributed by atoms with Crippen LogP contribution in [-0.2, 0) is 39.4 Å². The smallest absolute Gasteiger partial charge is 0.387 e. The molecule has 7 rings (SSSR count). The average molecular weight is 710 g/mol. The predicted octanol–water partition coefficient (Wildman–Crippen LogP) is -0.0694. The van der Waals surface area contributed by atoms with Crippen LogP contribution in [0.5, 0.6) is 0 Å². The first kappa shape index (κ1) is 30.8. The number of halogens is 2. The Bertz CT molecular complexity index is 1950. The van der Waals surface area contributed by atoms with Gasteiger partial charge in [-0.15, -0.1) is 9.42 Å². The standard InChI is InChI=1S/C20H20F2N10O9P2S2/c21-6-9(33)5(38-17(6)31-3-27-7-13(23)25-2-26-14(7)31)1-37-43(44,45)41-12-18(39-10-11(20(10,12)22)40-42(35)36)32-4-28-8-15(32)29-19(24)30-16(8)34/h2-6,9-12,17-18,33H,1H2,(H6-,23,24,25,26,29,30,34,35,36,44,45)/p+1/t5-,6+,9-,10-,11?,12+,17-,18-,20+/m1/s1. The molecule has 25 heteroatoms. The summed E-state index contributed by atoms with van der Waals surface area (Å²) in [7, 11) is -3.23. The van der Waals surface area contributed by atoms with Crippen molar-refractivity contribution >= 4 is 72.1 Å². The first-order valence-corrected chi connectivity index (χ1v) is 17.7. The number of aromatic nitrogens is 8. The minimum atomic E-state index is -3.80. The quantitative estimate of drug-likeness (QED) is 0.0981. The van der Waals surface area contributed by atoms with Crippen molar-refractivity contribution < 1.29 is 46.4 Å². The van der Waals surface area contributed by atoms with Gasteiger partial charge in [0.25, 0.3) is 5.56 Å². The number of nitrogens with two attached hydrogens (primary N) is 2. The third-order valence-electron chi connectivity index (χ3n) is 7.55.